The second-order valence-corrected chi connectivity index (χ2v) is 6.82. The minimum atomic E-state index is -3.79. The molecule has 0 bridgehead atoms. The van der Waals surface area contributed by atoms with E-state index in [1.165, 1.54) is 12.3 Å². The molecule has 0 aliphatic carbocycles. The maximum Gasteiger partial charge on any atom is 0.268 e. The predicted molar refractivity (Wildman–Crippen MR) is 82.5 cm³/mol. The summed E-state index contributed by atoms with van der Waals surface area (Å²) in [7, 11) is -3.79. The van der Waals surface area contributed by atoms with Gasteiger partial charge in [0, 0.05) is 18.8 Å². The third-order valence-corrected chi connectivity index (χ3v) is 4.27. The predicted octanol–water partition coefficient (Wildman–Crippen LogP) is 1.85. The van der Waals surface area contributed by atoms with Gasteiger partial charge in [0.05, 0.1) is 0 Å². The summed E-state index contributed by atoms with van der Waals surface area (Å²) in [6, 6.07) is 1.38. The lowest BCUT2D eigenvalue weighted by molar-refractivity contribution is 0.0928. The molecule has 0 aliphatic heterocycles. The number of unbranched alkanes of at least 4 members (excludes halogenated alkanes) is 2. The molecule has 6 nitrogen and oxygen atoms in total. The molecule has 3 N–H and O–H groups in total. The highest BCUT2D eigenvalue weighted by molar-refractivity contribution is 7.89. The Balaban J connectivity index is 2.80. The van der Waals surface area contributed by atoms with Crippen LogP contribution >= 0.6 is 0 Å². The van der Waals surface area contributed by atoms with E-state index in [0.29, 0.717) is 12.2 Å². The maximum absolute atomic E-state index is 12.2. The van der Waals surface area contributed by atoms with E-state index in [0.717, 1.165) is 25.7 Å². The molecular formula is C14H25N3O3S. The monoisotopic (exact) mass is 315 g/mol. The second-order valence-electron chi connectivity index (χ2n) is 5.26. The molecule has 1 atom stereocenters. The molecule has 0 radical (unpaired) electrons. The van der Waals surface area contributed by atoms with E-state index in [1.807, 2.05) is 13.8 Å². The van der Waals surface area contributed by atoms with Crippen LogP contribution in [-0.2, 0) is 16.6 Å². The normalized spacial score (nSPS) is 13.1. The van der Waals surface area contributed by atoms with Gasteiger partial charge in [-0.15, -0.1) is 0 Å². The average molecular weight is 315 g/mol. The first-order valence-electron chi connectivity index (χ1n) is 7.33. The second kappa shape index (κ2) is 7.61. The Labute approximate surface area is 126 Å². The van der Waals surface area contributed by atoms with Gasteiger partial charge in [-0.2, -0.15) is 0 Å². The molecule has 1 amide bonds. The summed E-state index contributed by atoms with van der Waals surface area (Å²) in [5.74, 6) is -0.268. The quantitative estimate of drug-likeness (QED) is 0.717. The summed E-state index contributed by atoms with van der Waals surface area (Å²) >= 11 is 0. The third kappa shape index (κ3) is 5.17. The van der Waals surface area contributed by atoms with Crippen LogP contribution in [0.3, 0.4) is 0 Å². The van der Waals surface area contributed by atoms with Gasteiger partial charge in [0.15, 0.2) is 0 Å². The maximum atomic E-state index is 12.2. The standard InChI is InChI=1S/C14H25N3O3S/c1-4-6-7-8-11(3)16-14(18)13-9-12(21(15,19)20)10-17(13)5-2/h9-11H,4-8H2,1-3H3,(H,16,18)(H2,15,19,20). The van der Waals surface area contributed by atoms with Crippen LogP contribution < -0.4 is 10.5 Å². The van der Waals surface area contributed by atoms with Gasteiger partial charge in [-0.25, -0.2) is 13.6 Å². The van der Waals surface area contributed by atoms with E-state index in [-0.39, 0.29) is 16.8 Å². The molecule has 0 aliphatic rings. The molecule has 0 saturated heterocycles. The van der Waals surface area contributed by atoms with Crippen molar-refractivity contribution in [3.8, 4) is 0 Å². The summed E-state index contributed by atoms with van der Waals surface area (Å²) in [6.45, 7) is 6.43. The van der Waals surface area contributed by atoms with Gasteiger partial charge in [-0.05, 0) is 26.3 Å². The van der Waals surface area contributed by atoms with Gasteiger partial charge in [0.25, 0.3) is 5.91 Å². The van der Waals surface area contributed by atoms with Crippen molar-refractivity contribution in [3.05, 3.63) is 18.0 Å². The van der Waals surface area contributed by atoms with E-state index >= 15 is 0 Å². The molecule has 21 heavy (non-hydrogen) atoms. The highest BCUT2D eigenvalue weighted by atomic mass is 32.2. The Morgan fingerprint density at radius 3 is 2.57 bits per heavy atom. The topological polar surface area (TPSA) is 94.2 Å². The van der Waals surface area contributed by atoms with E-state index in [2.05, 4.69) is 12.2 Å². The Morgan fingerprint density at radius 1 is 1.38 bits per heavy atom. The number of carbonyl (C=O) groups excluding carboxylic acids is 1. The summed E-state index contributed by atoms with van der Waals surface area (Å²) in [5.41, 5.74) is 0.323. The number of nitrogens with two attached hydrogens (primary N) is 1. The van der Waals surface area contributed by atoms with Crippen molar-refractivity contribution in [2.24, 2.45) is 5.14 Å². The lowest BCUT2D eigenvalue weighted by atomic mass is 10.1. The number of rotatable bonds is 8. The molecular weight excluding hydrogens is 290 g/mol. The minimum Gasteiger partial charge on any atom is -0.348 e. The Morgan fingerprint density at radius 2 is 2.05 bits per heavy atom. The van der Waals surface area contributed by atoms with Gasteiger partial charge in [-0.1, -0.05) is 26.2 Å². The summed E-state index contributed by atoms with van der Waals surface area (Å²) in [4.78, 5) is 12.2. The highest BCUT2D eigenvalue weighted by Crippen LogP contribution is 2.14. The average Bonchev–Trinajstić information content (AvgIpc) is 2.83. The van der Waals surface area contributed by atoms with Crippen molar-refractivity contribution in [3.63, 3.8) is 0 Å². The summed E-state index contributed by atoms with van der Waals surface area (Å²) in [6.07, 6.45) is 5.65. The zero-order valence-corrected chi connectivity index (χ0v) is 13.7. The van der Waals surface area contributed by atoms with Crippen LogP contribution in [0.5, 0.6) is 0 Å². The first kappa shape index (κ1) is 17.7. The highest BCUT2D eigenvalue weighted by Gasteiger charge is 2.19. The van der Waals surface area contributed by atoms with Crippen LogP contribution in [0.2, 0.25) is 0 Å². The number of hydrogen-bond acceptors (Lipinski definition) is 3. The number of hydrogen-bond donors (Lipinski definition) is 2. The molecule has 1 aromatic heterocycles. The van der Waals surface area contributed by atoms with E-state index < -0.39 is 10.0 Å². The van der Waals surface area contributed by atoms with Gasteiger partial charge in [-0.3, -0.25) is 4.79 Å². The van der Waals surface area contributed by atoms with Gasteiger partial charge < -0.3 is 9.88 Å². The number of aromatic nitrogens is 1. The van der Waals surface area contributed by atoms with Crippen LogP contribution in [0.15, 0.2) is 17.2 Å². The van der Waals surface area contributed by atoms with E-state index in [1.54, 1.807) is 4.57 Å². The first-order chi connectivity index (χ1) is 9.79. The van der Waals surface area contributed by atoms with E-state index in [9.17, 15) is 13.2 Å². The number of primary sulfonamides is 1. The van der Waals surface area contributed by atoms with Gasteiger partial charge in [0.2, 0.25) is 10.0 Å². The molecule has 0 saturated carbocycles. The van der Waals surface area contributed by atoms with Gasteiger partial charge in [0.1, 0.15) is 10.6 Å². The Hall–Kier alpha value is -1.34. The van der Waals surface area contributed by atoms with Crippen LogP contribution in [0, 0.1) is 0 Å². The van der Waals surface area contributed by atoms with Gasteiger partial charge >= 0.3 is 0 Å². The lowest BCUT2D eigenvalue weighted by Crippen LogP contribution is -2.33. The molecule has 0 aromatic carbocycles. The number of sulfonamides is 1. The summed E-state index contributed by atoms with van der Waals surface area (Å²) < 4.78 is 24.3. The SMILES string of the molecule is CCCCCC(C)NC(=O)c1cc(S(N)(=O)=O)cn1CC. The number of nitrogens with zero attached hydrogens (tertiary/aromatic N) is 1. The molecule has 1 aromatic rings. The van der Waals surface area contributed by atoms with Crippen molar-refractivity contribution in [2.45, 2.75) is 63.9 Å². The van der Waals surface area contributed by atoms with Crippen molar-refractivity contribution in [2.75, 3.05) is 0 Å². The third-order valence-electron chi connectivity index (χ3n) is 3.39. The molecule has 7 heteroatoms. The van der Waals surface area contributed by atoms with Crippen molar-refractivity contribution >= 4 is 15.9 Å². The van der Waals surface area contributed by atoms with E-state index in [4.69, 9.17) is 5.14 Å². The fourth-order valence-corrected chi connectivity index (χ4v) is 2.71. The van der Waals surface area contributed by atoms with Crippen molar-refractivity contribution in [1.29, 1.82) is 0 Å². The molecule has 1 unspecified atom stereocenters. The Kier molecular flexibility index (Phi) is 6.42. The van der Waals surface area contributed by atoms with Crippen LogP contribution in [0.1, 0.15) is 56.9 Å². The van der Waals surface area contributed by atoms with Crippen molar-refractivity contribution < 1.29 is 13.2 Å². The number of aryl methyl sites for hydroxylation is 1. The summed E-state index contributed by atoms with van der Waals surface area (Å²) in [5, 5.41) is 8.00. The van der Waals surface area contributed by atoms with Crippen LogP contribution in [0.4, 0.5) is 0 Å². The zero-order chi connectivity index (χ0) is 16.0. The molecule has 1 rings (SSSR count). The molecule has 0 fully saturated rings. The Bertz CT molecular complexity index is 578. The van der Waals surface area contributed by atoms with Crippen molar-refractivity contribution in [1.82, 2.24) is 9.88 Å². The van der Waals surface area contributed by atoms with Crippen LogP contribution in [-0.4, -0.2) is 24.9 Å². The lowest BCUT2D eigenvalue weighted by Gasteiger charge is -2.14. The first-order valence-corrected chi connectivity index (χ1v) is 8.88. The number of amides is 1. The largest absolute Gasteiger partial charge is 0.348 e. The zero-order valence-electron chi connectivity index (χ0n) is 12.9. The smallest absolute Gasteiger partial charge is 0.268 e. The molecule has 0 spiro atoms. The fraction of sp³-hybridized carbons (Fsp3) is 0.643. The minimum absolute atomic E-state index is 0.0341. The molecule has 1 heterocycles. The molecule has 120 valence electrons. The number of nitrogens with one attached hydrogen (secondary N) is 1. The number of carbonyl (C=O) groups is 1. The van der Waals surface area contributed by atoms with Crippen LogP contribution in [0.25, 0.3) is 0 Å². The fourth-order valence-electron chi connectivity index (χ4n) is 2.16.